The molecule has 2 heterocycles. The average Bonchev–Trinajstić information content (AvgIpc) is 2.47. The van der Waals surface area contributed by atoms with Crippen molar-refractivity contribution in [3.63, 3.8) is 0 Å². The maximum atomic E-state index is 11.5. The van der Waals surface area contributed by atoms with E-state index in [1.54, 1.807) is 0 Å². The minimum atomic E-state index is -3.23. The van der Waals surface area contributed by atoms with Gasteiger partial charge in [-0.1, -0.05) is 12.1 Å². The molecule has 22 heavy (non-hydrogen) atoms. The predicted octanol–water partition coefficient (Wildman–Crippen LogP) is 1.84. The molecule has 0 aromatic heterocycles. The first-order chi connectivity index (χ1) is 10.5. The van der Waals surface area contributed by atoms with Gasteiger partial charge in [0.2, 0.25) is 10.0 Å². The van der Waals surface area contributed by atoms with Crippen molar-refractivity contribution < 1.29 is 13.2 Å². The second-order valence-electron chi connectivity index (χ2n) is 6.39. The third kappa shape index (κ3) is 4.00. The molecule has 1 aromatic carbocycles. The van der Waals surface area contributed by atoms with Gasteiger partial charge in [-0.2, -0.15) is 0 Å². The van der Waals surface area contributed by atoms with Crippen molar-refractivity contribution in [1.82, 2.24) is 4.90 Å². The van der Waals surface area contributed by atoms with Crippen LogP contribution in [0.25, 0.3) is 0 Å². The molecule has 0 spiro atoms. The van der Waals surface area contributed by atoms with Gasteiger partial charge in [0.1, 0.15) is 0 Å². The van der Waals surface area contributed by atoms with Gasteiger partial charge in [0.15, 0.2) is 0 Å². The molecule has 2 aliphatic heterocycles. The molecular weight excluding hydrogens is 300 g/mol. The van der Waals surface area contributed by atoms with Crippen LogP contribution in [0.2, 0.25) is 0 Å². The molecule has 0 saturated carbocycles. The number of anilines is 1. The highest BCUT2D eigenvalue weighted by Crippen LogP contribution is 2.28. The molecule has 1 N–H and O–H groups in total. The van der Waals surface area contributed by atoms with E-state index in [0.29, 0.717) is 5.92 Å². The highest BCUT2D eigenvalue weighted by molar-refractivity contribution is 7.92. The Kier molecular flexibility index (Phi) is 4.70. The van der Waals surface area contributed by atoms with Crippen LogP contribution >= 0.6 is 0 Å². The molecule has 1 saturated heterocycles. The summed E-state index contributed by atoms with van der Waals surface area (Å²) in [7, 11) is -3.23. The molecule has 1 fully saturated rings. The highest BCUT2D eigenvalue weighted by Gasteiger charge is 2.23. The van der Waals surface area contributed by atoms with Gasteiger partial charge in [0, 0.05) is 26.2 Å². The number of ether oxygens (including phenoxy) is 1. The summed E-state index contributed by atoms with van der Waals surface area (Å²) in [4.78, 5) is 2.46. The Morgan fingerprint density at radius 2 is 2.27 bits per heavy atom. The number of hydrogen-bond acceptors (Lipinski definition) is 4. The number of hydrogen-bond donors (Lipinski definition) is 1. The lowest BCUT2D eigenvalue weighted by atomic mass is 9.95. The van der Waals surface area contributed by atoms with E-state index in [9.17, 15) is 8.42 Å². The van der Waals surface area contributed by atoms with E-state index in [0.717, 1.165) is 56.9 Å². The van der Waals surface area contributed by atoms with E-state index in [2.05, 4.69) is 15.7 Å². The lowest BCUT2D eigenvalue weighted by Gasteiger charge is -2.34. The molecule has 0 radical (unpaired) electrons. The lowest BCUT2D eigenvalue weighted by molar-refractivity contribution is 0.0364. The zero-order valence-electron chi connectivity index (χ0n) is 13.0. The number of fused-ring (bicyclic) bond motifs is 1. The smallest absolute Gasteiger partial charge is 0.229 e. The third-order valence-electron chi connectivity index (χ3n) is 4.41. The topological polar surface area (TPSA) is 58.6 Å². The Morgan fingerprint density at radius 3 is 3.00 bits per heavy atom. The van der Waals surface area contributed by atoms with Crippen molar-refractivity contribution in [3.8, 4) is 0 Å². The van der Waals surface area contributed by atoms with Gasteiger partial charge < -0.3 is 4.74 Å². The number of sulfonamides is 1. The summed E-state index contributed by atoms with van der Waals surface area (Å²) in [5, 5.41) is 0. The third-order valence-corrected chi connectivity index (χ3v) is 5.00. The summed E-state index contributed by atoms with van der Waals surface area (Å²) >= 11 is 0. The Bertz CT molecular complexity index is 624. The molecule has 0 bridgehead atoms. The molecule has 1 unspecified atom stereocenters. The summed E-state index contributed by atoms with van der Waals surface area (Å²) in [6.45, 7) is 4.72. The van der Waals surface area contributed by atoms with Gasteiger partial charge in [-0.15, -0.1) is 0 Å². The number of nitrogens with one attached hydrogen (secondary N) is 1. The number of rotatable bonds is 4. The predicted molar refractivity (Wildman–Crippen MR) is 87.4 cm³/mol. The summed E-state index contributed by atoms with van der Waals surface area (Å²) < 4.78 is 31.2. The van der Waals surface area contributed by atoms with Crippen LogP contribution < -0.4 is 4.72 Å². The SMILES string of the molecule is CS(=O)(=O)Nc1cccc2c1CCN(CC1CCCOC1)C2. The average molecular weight is 324 g/mol. The molecule has 1 atom stereocenters. The summed E-state index contributed by atoms with van der Waals surface area (Å²) in [5.74, 6) is 0.632. The fourth-order valence-corrected chi connectivity index (χ4v) is 4.03. The van der Waals surface area contributed by atoms with Gasteiger partial charge in [-0.05, 0) is 42.4 Å². The molecular formula is C16H24N2O3S. The molecule has 3 rings (SSSR count). The van der Waals surface area contributed by atoms with E-state index in [4.69, 9.17) is 4.74 Å². The maximum Gasteiger partial charge on any atom is 0.229 e. The minimum absolute atomic E-state index is 0.632. The zero-order chi connectivity index (χ0) is 15.6. The van der Waals surface area contributed by atoms with Crippen molar-refractivity contribution in [1.29, 1.82) is 0 Å². The van der Waals surface area contributed by atoms with E-state index in [1.807, 2.05) is 12.1 Å². The standard InChI is InChI=1S/C16H24N2O3S/c1-22(19,20)17-16-6-2-5-14-11-18(8-7-15(14)16)10-13-4-3-9-21-12-13/h2,5-6,13,17H,3-4,7-12H2,1H3. The van der Waals surface area contributed by atoms with Crippen LogP contribution in [0.4, 0.5) is 5.69 Å². The monoisotopic (exact) mass is 324 g/mol. The van der Waals surface area contributed by atoms with Crippen molar-refractivity contribution in [2.24, 2.45) is 5.92 Å². The normalized spacial score (nSPS) is 23.0. The molecule has 0 aliphatic carbocycles. The molecule has 1 aromatic rings. The van der Waals surface area contributed by atoms with Gasteiger partial charge in [-0.25, -0.2) is 8.42 Å². The number of benzene rings is 1. The highest BCUT2D eigenvalue weighted by atomic mass is 32.2. The van der Waals surface area contributed by atoms with Crippen molar-refractivity contribution >= 4 is 15.7 Å². The Hall–Kier alpha value is -1.11. The summed E-state index contributed by atoms with van der Waals surface area (Å²) in [5.41, 5.74) is 3.11. The summed E-state index contributed by atoms with van der Waals surface area (Å²) in [6.07, 6.45) is 4.50. The molecule has 0 amide bonds. The second kappa shape index (κ2) is 6.56. The van der Waals surface area contributed by atoms with Crippen molar-refractivity contribution in [3.05, 3.63) is 29.3 Å². The van der Waals surface area contributed by atoms with Crippen LogP contribution in [0.3, 0.4) is 0 Å². The molecule has 2 aliphatic rings. The van der Waals surface area contributed by atoms with Crippen LogP contribution in [0, 0.1) is 5.92 Å². The molecule has 5 nitrogen and oxygen atoms in total. The van der Waals surface area contributed by atoms with Crippen molar-refractivity contribution in [2.45, 2.75) is 25.8 Å². The summed E-state index contributed by atoms with van der Waals surface area (Å²) in [6, 6.07) is 5.89. The Balaban J connectivity index is 1.69. The number of nitrogens with zero attached hydrogens (tertiary/aromatic N) is 1. The van der Waals surface area contributed by atoms with E-state index >= 15 is 0 Å². The van der Waals surface area contributed by atoms with Gasteiger partial charge >= 0.3 is 0 Å². The maximum absolute atomic E-state index is 11.5. The van der Waals surface area contributed by atoms with Gasteiger partial charge in [0.05, 0.1) is 18.6 Å². The van der Waals surface area contributed by atoms with Crippen LogP contribution in [0.15, 0.2) is 18.2 Å². The Labute approximate surface area is 132 Å². The van der Waals surface area contributed by atoms with E-state index in [1.165, 1.54) is 18.2 Å². The fraction of sp³-hybridized carbons (Fsp3) is 0.625. The molecule has 122 valence electrons. The van der Waals surface area contributed by atoms with Crippen LogP contribution in [-0.4, -0.2) is 45.9 Å². The van der Waals surface area contributed by atoms with Crippen LogP contribution in [0.1, 0.15) is 24.0 Å². The minimum Gasteiger partial charge on any atom is -0.381 e. The van der Waals surface area contributed by atoms with E-state index < -0.39 is 10.0 Å². The van der Waals surface area contributed by atoms with Crippen LogP contribution in [-0.2, 0) is 27.7 Å². The van der Waals surface area contributed by atoms with Gasteiger partial charge in [0.25, 0.3) is 0 Å². The van der Waals surface area contributed by atoms with Gasteiger partial charge in [-0.3, -0.25) is 9.62 Å². The first-order valence-electron chi connectivity index (χ1n) is 7.90. The largest absolute Gasteiger partial charge is 0.381 e. The van der Waals surface area contributed by atoms with Crippen LogP contribution in [0.5, 0.6) is 0 Å². The lowest BCUT2D eigenvalue weighted by Crippen LogP contribution is -2.37. The first-order valence-corrected chi connectivity index (χ1v) is 9.79. The fourth-order valence-electron chi connectivity index (χ4n) is 3.44. The second-order valence-corrected chi connectivity index (χ2v) is 8.13. The first kappa shape index (κ1) is 15.8. The Morgan fingerprint density at radius 1 is 1.41 bits per heavy atom. The quantitative estimate of drug-likeness (QED) is 0.918. The molecule has 6 heteroatoms. The zero-order valence-corrected chi connectivity index (χ0v) is 13.9. The van der Waals surface area contributed by atoms with E-state index in [-0.39, 0.29) is 0 Å². The van der Waals surface area contributed by atoms with Crippen molar-refractivity contribution in [2.75, 3.05) is 37.3 Å².